The molecule has 0 heterocycles. The molecule has 0 unspecified atom stereocenters. The number of aliphatic imine (C=N–C) groups is 1. The first kappa shape index (κ1) is 25.4. The Kier molecular flexibility index (Phi) is 12.0. The Labute approximate surface area is 180 Å². The largest absolute Gasteiger partial charge is 0.444 e. The Morgan fingerprint density at radius 1 is 1.11 bits per heavy atom. The average Bonchev–Trinajstić information content (AvgIpc) is 2.52. The number of ether oxygens (including phenoxy) is 1. The van der Waals surface area contributed by atoms with Crippen LogP contribution in [0.3, 0.4) is 0 Å². The lowest BCUT2D eigenvalue weighted by molar-refractivity contribution is 0.0529. The fourth-order valence-corrected chi connectivity index (χ4v) is 2.27. The Bertz CT molecular complexity index is 600. The highest BCUT2D eigenvalue weighted by atomic mass is 127. The van der Waals surface area contributed by atoms with Crippen molar-refractivity contribution in [2.75, 3.05) is 34.2 Å². The van der Waals surface area contributed by atoms with Gasteiger partial charge in [0.2, 0.25) is 0 Å². The van der Waals surface area contributed by atoms with Crippen molar-refractivity contribution in [1.82, 2.24) is 20.9 Å². The van der Waals surface area contributed by atoms with E-state index in [0.717, 1.165) is 6.54 Å². The second kappa shape index (κ2) is 12.8. The molecule has 154 valence electrons. The smallest absolute Gasteiger partial charge is 0.407 e. The van der Waals surface area contributed by atoms with Crippen LogP contribution < -0.4 is 16.0 Å². The van der Waals surface area contributed by atoms with Crippen LogP contribution in [0.4, 0.5) is 4.79 Å². The van der Waals surface area contributed by atoms with Gasteiger partial charge in [-0.2, -0.15) is 0 Å². The van der Waals surface area contributed by atoms with E-state index in [-0.39, 0.29) is 24.0 Å². The highest BCUT2D eigenvalue weighted by Gasteiger charge is 2.15. The van der Waals surface area contributed by atoms with Gasteiger partial charge >= 0.3 is 6.09 Å². The van der Waals surface area contributed by atoms with Crippen molar-refractivity contribution in [3.05, 3.63) is 35.4 Å². The SMILES string of the molecule is CN=C(NCCNC(=O)OC(C)(C)C)NCc1cccc(CN(C)C)c1.I. The number of alkyl carbamates (subject to hydrolysis) is 1. The van der Waals surface area contributed by atoms with Gasteiger partial charge in [0.15, 0.2) is 5.96 Å². The van der Waals surface area contributed by atoms with Crippen molar-refractivity contribution >= 4 is 36.0 Å². The second-order valence-corrected chi connectivity index (χ2v) is 7.34. The molecular formula is C19H34IN5O2. The maximum atomic E-state index is 11.6. The van der Waals surface area contributed by atoms with Crippen molar-refractivity contribution in [2.24, 2.45) is 4.99 Å². The van der Waals surface area contributed by atoms with E-state index in [9.17, 15) is 4.79 Å². The van der Waals surface area contributed by atoms with E-state index in [1.807, 2.05) is 20.8 Å². The average molecular weight is 491 g/mol. The minimum atomic E-state index is -0.490. The summed E-state index contributed by atoms with van der Waals surface area (Å²) in [6.45, 7) is 8.11. The number of rotatable bonds is 7. The monoisotopic (exact) mass is 491 g/mol. The molecule has 3 N–H and O–H groups in total. The molecular weight excluding hydrogens is 457 g/mol. The number of guanidine groups is 1. The lowest BCUT2D eigenvalue weighted by atomic mass is 10.1. The molecule has 0 atom stereocenters. The highest BCUT2D eigenvalue weighted by molar-refractivity contribution is 14.0. The number of hydrogen-bond donors (Lipinski definition) is 3. The van der Waals surface area contributed by atoms with Gasteiger partial charge in [0.25, 0.3) is 0 Å². The molecule has 1 aromatic carbocycles. The standard InChI is InChI=1S/C19H33N5O2.HI/c1-19(2,3)26-18(25)22-11-10-21-17(20-4)23-13-15-8-7-9-16(12-15)14-24(5)6;/h7-9,12H,10-11,13-14H2,1-6H3,(H,22,25)(H2,20,21,23);1H. The third-order valence-corrected chi connectivity index (χ3v) is 3.26. The number of nitrogens with one attached hydrogen (secondary N) is 3. The molecule has 1 aromatic rings. The zero-order chi connectivity index (χ0) is 19.6. The number of amides is 1. The quantitative estimate of drug-likeness (QED) is 0.237. The fourth-order valence-electron chi connectivity index (χ4n) is 2.27. The van der Waals surface area contributed by atoms with Crippen LogP contribution in [0.25, 0.3) is 0 Å². The van der Waals surface area contributed by atoms with Gasteiger partial charge in [-0.15, -0.1) is 24.0 Å². The number of benzene rings is 1. The van der Waals surface area contributed by atoms with Crippen molar-refractivity contribution in [3.63, 3.8) is 0 Å². The molecule has 1 amide bonds. The molecule has 0 bridgehead atoms. The van der Waals surface area contributed by atoms with E-state index in [1.165, 1.54) is 11.1 Å². The van der Waals surface area contributed by atoms with Crippen LogP contribution in [0.5, 0.6) is 0 Å². The predicted molar refractivity (Wildman–Crippen MR) is 122 cm³/mol. The van der Waals surface area contributed by atoms with Gasteiger partial charge in [-0.3, -0.25) is 4.99 Å². The van der Waals surface area contributed by atoms with E-state index in [4.69, 9.17) is 4.74 Å². The maximum absolute atomic E-state index is 11.6. The van der Waals surface area contributed by atoms with Crippen LogP contribution in [-0.4, -0.2) is 56.8 Å². The summed E-state index contributed by atoms with van der Waals surface area (Å²) in [5.74, 6) is 0.689. The van der Waals surface area contributed by atoms with Gasteiger partial charge in [0, 0.05) is 33.2 Å². The van der Waals surface area contributed by atoms with Crippen LogP contribution in [0, 0.1) is 0 Å². The van der Waals surface area contributed by atoms with Crippen LogP contribution >= 0.6 is 24.0 Å². The molecule has 27 heavy (non-hydrogen) atoms. The zero-order valence-electron chi connectivity index (χ0n) is 17.3. The van der Waals surface area contributed by atoms with Gasteiger partial charge < -0.3 is 25.6 Å². The van der Waals surface area contributed by atoms with E-state index in [1.54, 1.807) is 7.05 Å². The maximum Gasteiger partial charge on any atom is 0.407 e. The van der Waals surface area contributed by atoms with Crippen LogP contribution in [0.2, 0.25) is 0 Å². The molecule has 1 rings (SSSR count). The minimum Gasteiger partial charge on any atom is -0.444 e. The molecule has 7 nitrogen and oxygen atoms in total. The normalized spacial score (nSPS) is 11.6. The van der Waals surface area contributed by atoms with Gasteiger partial charge in [0.1, 0.15) is 5.60 Å². The number of hydrogen-bond acceptors (Lipinski definition) is 4. The molecule has 0 aliphatic heterocycles. The van der Waals surface area contributed by atoms with Crippen molar-refractivity contribution in [3.8, 4) is 0 Å². The summed E-state index contributed by atoms with van der Waals surface area (Å²) < 4.78 is 5.19. The Hall–Kier alpha value is -1.55. The Balaban J connectivity index is 0.00000676. The molecule has 0 saturated carbocycles. The molecule has 0 aliphatic carbocycles. The number of carbonyl (C=O) groups is 1. The lowest BCUT2D eigenvalue weighted by Gasteiger charge is -2.20. The molecule has 0 spiro atoms. The first-order valence-corrected chi connectivity index (χ1v) is 8.83. The van der Waals surface area contributed by atoms with E-state index < -0.39 is 11.7 Å². The van der Waals surface area contributed by atoms with Gasteiger partial charge in [-0.25, -0.2) is 4.79 Å². The molecule has 0 aliphatic rings. The van der Waals surface area contributed by atoms with Gasteiger partial charge in [0.05, 0.1) is 0 Å². The molecule has 8 heteroatoms. The van der Waals surface area contributed by atoms with Crippen molar-refractivity contribution in [1.29, 1.82) is 0 Å². The molecule has 0 aromatic heterocycles. The van der Waals surface area contributed by atoms with Crippen LogP contribution in [-0.2, 0) is 17.8 Å². The Morgan fingerprint density at radius 3 is 2.33 bits per heavy atom. The molecule has 0 saturated heterocycles. The summed E-state index contributed by atoms with van der Waals surface area (Å²) in [5.41, 5.74) is 1.98. The van der Waals surface area contributed by atoms with Crippen LogP contribution in [0.15, 0.2) is 29.3 Å². The first-order chi connectivity index (χ1) is 12.2. The topological polar surface area (TPSA) is 78.0 Å². The van der Waals surface area contributed by atoms with Crippen molar-refractivity contribution < 1.29 is 9.53 Å². The first-order valence-electron chi connectivity index (χ1n) is 8.83. The summed E-state index contributed by atoms with van der Waals surface area (Å²) in [4.78, 5) is 17.9. The van der Waals surface area contributed by atoms with E-state index >= 15 is 0 Å². The van der Waals surface area contributed by atoms with Crippen molar-refractivity contribution in [2.45, 2.75) is 39.5 Å². The van der Waals surface area contributed by atoms with E-state index in [2.05, 4.69) is 64.2 Å². The molecule has 0 radical (unpaired) electrons. The summed E-state index contributed by atoms with van der Waals surface area (Å²) in [6.07, 6.45) is -0.417. The third-order valence-electron chi connectivity index (χ3n) is 3.26. The number of halogens is 1. The minimum absolute atomic E-state index is 0. The highest BCUT2D eigenvalue weighted by Crippen LogP contribution is 2.07. The second-order valence-electron chi connectivity index (χ2n) is 7.34. The summed E-state index contributed by atoms with van der Waals surface area (Å²) in [5, 5.41) is 9.15. The lowest BCUT2D eigenvalue weighted by Crippen LogP contribution is -2.42. The van der Waals surface area contributed by atoms with E-state index in [0.29, 0.717) is 25.6 Å². The van der Waals surface area contributed by atoms with Crippen LogP contribution in [0.1, 0.15) is 31.9 Å². The fraction of sp³-hybridized carbons (Fsp3) is 0.579. The number of nitrogens with zero attached hydrogens (tertiary/aromatic N) is 2. The third kappa shape index (κ3) is 12.5. The predicted octanol–water partition coefficient (Wildman–Crippen LogP) is 2.56. The number of carbonyl (C=O) groups excluding carboxylic acids is 1. The summed E-state index contributed by atoms with van der Waals surface area (Å²) in [6, 6.07) is 8.46. The van der Waals surface area contributed by atoms with Gasteiger partial charge in [-0.05, 0) is 46.0 Å². The molecule has 0 fully saturated rings. The Morgan fingerprint density at radius 2 is 1.74 bits per heavy atom. The van der Waals surface area contributed by atoms with Gasteiger partial charge in [-0.1, -0.05) is 24.3 Å². The summed E-state index contributed by atoms with van der Waals surface area (Å²) >= 11 is 0. The zero-order valence-corrected chi connectivity index (χ0v) is 19.6. The summed E-state index contributed by atoms with van der Waals surface area (Å²) in [7, 11) is 5.84.